The molecule has 0 spiro atoms. The number of rotatable bonds is 8. The van der Waals surface area contributed by atoms with Crippen molar-refractivity contribution in [2.75, 3.05) is 26.2 Å². The first-order chi connectivity index (χ1) is 5.41. The van der Waals surface area contributed by atoms with Crippen molar-refractivity contribution in [1.82, 2.24) is 9.65 Å². The summed E-state index contributed by atoms with van der Waals surface area (Å²) in [7, 11) is 0. The van der Waals surface area contributed by atoms with Crippen LogP contribution in [0.5, 0.6) is 0 Å². The Morgan fingerprint density at radius 2 is 1.73 bits per heavy atom. The van der Waals surface area contributed by atoms with Gasteiger partial charge in [0.15, 0.2) is 0 Å². The van der Waals surface area contributed by atoms with Gasteiger partial charge in [0, 0.05) is 0 Å². The van der Waals surface area contributed by atoms with Crippen LogP contribution in [0.4, 0.5) is 0 Å². The first-order valence-corrected chi connectivity index (χ1v) is 5.13. The zero-order valence-electron chi connectivity index (χ0n) is 6.97. The van der Waals surface area contributed by atoms with Crippen LogP contribution < -0.4 is 15.4 Å². The number of hydrogen-bond acceptors (Lipinski definition) is 3. The minimum absolute atomic E-state index is 0.815. The second-order valence-electron chi connectivity index (χ2n) is 2.51. The molecule has 0 aromatic heterocycles. The van der Waals surface area contributed by atoms with Gasteiger partial charge in [0.05, 0.1) is 0 Å². The van der Waals surface area contributed by atoms with E-state index >= 15 is 0 Å². The molecular formula is C7H19N3Se. The quantitative estimate of drug-likeness (QED) is 0.370. The molecule has 0 heterocycles. The summed E-state index contributed by atoms with van der Waals surface area (Å²) in [6.07, 6.45) is 3.53. The fourth-order valence-electron chi connectivity index (χ4n) is 0.812. The number of nitrogens with two attached hydrogens (primary N) is 1. The molecule has 4 N–H and O–H groups in total. The molecule has 0 saturated carbocycles. The van der Waals surface area contributed by atoms with Gasteiger partial charge in [-0.2, -0.15) is 0 Å². The number of unbranched alkanes of at least 4 members (excludes halogenated alkanes) is 1. The van der Waals surface area contributed by atoms with Crippen LogP contribution >= 0.6 is 0 Å². The Labute approximate surface area is 77.5 Å². The molecule has 3 nitrogen and oxygen atoms in total. The Kier molecular flexibility index (Phi) is 10.8. The zero-order valence-corrected chi connectivity index (χ0v) is 8.85. The molecule has 68 valence electrons. The Balaban J connectivity index is 2.69. The van der Waals surface area contributed by atoms with E-state index in [4.69, 9.17) is 5.73 Å². The molecule has 0 rings (SSSR count). The van der Waals surface area contributed by atoms with Gasteiger partial charge in [-0.15, -0.1) is 0 Å². The van der Waals surface area contributed by atoms with Crippen LogP contribution in [0.3, 0.4) is 0 Å². The molecule has 0 fully saturated rings. The molecule has 11 heavy (non-hydrogen) atoms. The summed E-state index contributed by atoms with van der Waals surface area (Å²) >= 11 is 2.37. The van der Waals surface area contributed by atoms with E-state index in [2.05, 4.69) is 25.9 Å². The van der Waals surface area contributed by atoms with Crippen molar-refractivity contribution < 1.29 is 0 Å². The Morgan fingerprint density at radius 3 is 2.36 bits per heavy atom. The average Bonchev–Trinajstić information content (AvgIpc) is 2.03. The molecule has 0 radical (unpaired) electrons. The van der Waals surface area contributed by atoms with E-state index in [1.807, 2.05) is 0 Å². The van der Waals surface area contributed by atoms with E-state index in [9.17, 15) is 0 Å². The van der Waals surface area contributed by atoms with Gasteiger partial charge < -0.3 is 0 Å². The predicted molar refractivity (Wildman–Crippen MR) is 50.9 cm³/mol. The maximum atomic E-state index is 5.35. The van der Waals surface area contributed by atoms with E-state index in [-0.39, 0.29) is 0 Å². The van der Waals surface area contributed by atoms with Crippen LogP contribution in [0, 0.1) is 0 Å². The van der Waals surface area contributed by atoms with Crippen LogP contribution in [-0.4, -0.2) is 42.4 Å². The molecule has 0 unspecified atom stereocenters. The normalized spacial score (nSPS) is 10.4. The number of hydrogen-bond donors (Lipinski definition) is 3. The molecule has 0 amide bonds. The monoisotopic (exact) mass is 225 g/mol. The summed E-state index contributed by atoms with van der Waals surface area (Å²) in [5.74, 6) is 0. The van der Waals surface area contributed by atoms with Crippen molar-refractivity contribution in [2.24, 2.45) is 5.73 Å². The first-order valence-electron chi connectivity index (χ1n) is 4.19. The summed E-state index contributed by atoms with van der Waals surface area (Å²) in [4.78, 5) is 0. The van der Waals surface area contributed by atoms with Crippen molar-refractivity contribution in [3.63, 3.8) is 0 Å². The Bertz CT molecular complexity index is 62.7. The van der Waals surface area contributed by atoms with E-state index in [1.54, 1.807) is 0 Å². The van der Waals surface area contributed by atoms with E-state index < -0.39 is 0 Å². The molecule has 0 aliphatic rings. The molecular weight excluding hydrogens is 205 g/mol. The molecule has 0 atom stereocenters. The summed E-state index contributed by atoms with van der Waals surface area (Å²) in [5.41, 5.74) is 5.35. The van der Waals surface area contributed by atoms with Gasteiger partial charge in [-0.1, -0.05) is 0 Å². The molecule has 0 aliphatic carbocycles. The summed E-state index contributed by atoms with van der Waals surface area (Å²) < 4.78 is 3.05. The Morgan fingerprint density at radius 1 is 1.00 bits per heavy atom. The van der Waals surface area contributed by atoms with Gasteiger partial charge in [0.25, 0.3) is 0 Å². The van der Waals surface area contributed by atoms with E-state index in [0.29, 0.717) is 0 Å². The van der Waals surface area contributed by atoms with Gasteiger partial charge in [0.1, 0.15) is 0 Å². The maximum absolute atomic E-state index is 5.35. The van der Waals surface area contributed by atoms with Gasteiger partial charge in [-0.05, 0) is 0 Å². The molecule has 0 bridgehead atoms. The minimum atomic E-state index is 0.815. The van der Waals surface area contributed by atoms with Crippen LogP contribution in [0.15, 0.2) is 0 Å². The van der Waals surface area contributed by atoms with Crippen molar-refractivity contribution in [2.45, 2.75) is 19.3 Å². The molecule has 4 heteroatoms. The fraction of sp³-hybridized carbons (Fsp3) is 1.00. The van der Waals surface area contributed by atoms with Crippen LogP contribution in [0.25, 0.3) is 0 Å². The molecule has 0 aromatic rings. The summed E-state index contributed by atoms with van der Waals surface area (Å²) in [6, 6.07) is 0. The molecule has 0 aromatic carbocycles. The SMILES string of the molecule is NCCCCNCCCN[SeH]. The average molecular weight is 224 g/mol. The standard InChI is InChI=1S/C7H19N3Se/c8-4-1-2-5-9-6-3-7-10-11/h9-11H,1-8H2. The summed E-state index contributed by atoms with van der Waals surface area (Å²) in [5, 5.41) is 3.35. The van der Waals surface area contributed by atoms with E-state index in [1.165, 1.54) is 12.8 Å². The summed E-state index contributed by atoms with van der Waals surface area (Å²) in [6.45, 7) is 4.10. The van der Waals surface area contributed by atoms with Crippen LogP contribution in [-0.2, 0) is 0 Å². The van der Waals surface area contributed by atoms with Gasteiger partial charge >= 0.3 is 77.1 Å². The fourth-order valence-corrected chi connectivity index (χ4v) is 1.14. The third-order valence-corrected chi connectivity index (χ3v) is 1.92. The molecule has 0 saturated heterocycles. The van der Waals surface area contributed by atoms with E-state index in [0.717, 1.165) is 32.6 Å². The van der Waals surface area contributed by atoms with Gasteiger partial charge in [0.2, 0.25) is 0 Å². The van der Waals surface area contributed by atoms with Crippen molar-refractivity contribution >= 4 is 16.2 Å². The second kappa shape index (κ2) is 10.4. The number of nitrogens with one attached hydrogen (secondary N) is 2. The topological polar surface area (TPSA) is 50.1 Å². The van der Waals surface area contributed by atoms with Crippen molar-refractivity contribution in [3.05, 3.63) is 0 Å². The first kappa shape index (κ1) is 11.4. The third kappa shape index (κ3) is 10.4. The molecule has 0 aliphatic heterocycles. The zero-order chi connectivity index (χ0) is 8.36. The van der Waals surface area contributed by atoms with Crippen LogP contribution in [0.2, 0.25) is 0 Å². The Hall–Kier alpha value is 0.399. The second-order valence-corrected chi connectivity index (χ2v) is 3.17. The predicted octanol–water partition coefficient (Wildman–Crippen LogP) is -0.890. The third-order valence-electron chi connectivity index (χ3n) is 1.45. The van der Waals surface area contributed by atoms with Gasteiger partial charge in [-0.3, -0.25) is 0 Å². The van der Waals surface area contributed by atoms with Gasteiger partial charge in [-0.25, -0.2) is 0 Å². The van der Waals surface area contributed by atoms with Crippen LogP contribution in [0.1, 0.15) is 19.3 Å². The van der Waals surface area contributed by atoms with Crippen molar-refractivity contribution in [1.29, 1.82) is 0 Å². The van der Waals surface area contributed by atoms with Crippen molar-refractivity contribution in [3.8, 4) is 0 Å².